The minimum absolute atomic E-state index is 0.120. The molecule has 3 heterocycles. The van der Waals surface area contributed by atoms with Crippen molar-refractivity contribution < 1.29 is 14.3 Å². The molecule has 194 valence electrons. The van der Waals surface area contributed by atoms with E-state index >= 15 is 0 Å². The van der Waals surface area contributed by atoms with Gasteiger partial charge in [-0.05, 0) is 51.5 Å². The molecule has 34 heavy (non-hydrogen) atoms. The van der Waals surface area contributed by atoms with Crippen molar-refractivity contribution in [3.63, 3.8) is 0 Å². The fraction of sp³-hybridized carbons (Fsp3) is 0.731. The van der Waals surface area contributed by atoms with Crippen molar-refractivity contribution in [3.05, 3.63) is 29.8 Å². The fourth-order valence-corrected chi connectivity index (χ4v) is 4.53. The summed E-state index contributed by atoms with van der Waals surface area (Å²) in [5.74, 6) is 0.120. The van der Waals surface area contributed by atoms with Gasteiger partial charge in [0.1, 0.15) is 6.61 Å². The maximum absolute atomic E-state index is 12.3. The number of aryl methyl sites for hydroxylation is 1. The highest BCUT2D eigenvalue weighted by molar-refractivity contribution is 7.80. The summed E-state index contributed by atoms with van der Waals surface area (Å²) < 4.78 is 11.0. The van der Waals surface area contributed by atoms with Crippen LogP contribution in [-0.4, -0.2) is 112 Å². The van der Waals surface area contributed by atoms with Crippen LogP contribution in [0, 0.1) is 6.92 Å². The molecule has 0 aliphatic carbocycles. The Morgan fingerprint density at radius 2 is 1.79 bits per heavy atom. The summed E-state index contributed by atoms with van der Waals surface area (Å²) >= 11 is 4.20. The highest BCUT2D eigenvalue weighted by atomic mass is 32.1. The predicted molar refractivity (Wildman–Crippen MR) is 142 cm³/mol. The molecule has 0 spiro atoms. The second-order valence-electron chi connectivity index (χ2n) is 8.98. The normalized spacial score (nSPS) is 22.3. The largest absolute Gasteiger partial charge is 0.378 e. The van der Waals surface area contributed by atoms with Crippen LogP contribution in [0.4, 0.5) is 0 Å². The van der Waals surface area contributed by atoms with E-state index in [0.717, 1.165) is 44.2 Å². The molecule has 1 N–H and O–H groups in total. The van der Waals surface area contributed by atoms with Crippen LogP contribution in [0.15, 0.2) is 29.2 Å². The molecular formula is C26H46N4O3S. The molecule has 7 nitrogen and oxygen atoms in total. The Morgan fingerprint density at radius 1 is 1.12 bits per heavy atom. The standard InChI is InChI=1S/C17H32N4O3.C7H8S.C2H6/c1-19-5-2-16(3-6-19)20-7-9-21(10-8-20)17(22)14-24-13-15-12-23-11-4-18-15;1-6-4-2-3-5-7(6)8;1-2/h15-16,18H,2-14H2,1H3;2-5,8H,1H3;1-2H3. The van der Waals surface area contributed by atoms with E-state index in [1.54, 1.807) is 0 Å². The van der Waals surface area contributed by atoms with Gasteiger partial charge in [-0.2, -0.15) is 0 Å². The lowest BCUT2D eigenvalue weighted by Gasteiger charge is -2.42. The minimum atomic E-state index is 0.120. The Morgan fingerprint density at radius 3 is 2.35 bits per heavy atom. The van der Waals surface area contributed by atoms with Gasteiger partial charge in [0.2, 0.25) is 5.91 Å². The van der Waals surface area contributed by atoms with Gasteiger partial charge in [-0.1, -0.05) is 32.0 Å². The lowest BCUT2D eigenvalue weighted by atomic mass is 10.0. The molecule has 8 heteroatoms. The van der Waals surface area contributed by atoms with Gasteiger partial charge in [0.05, 0.1) is 25.9 Å². The van der Waals surface area contributed by atoms with Crippen LogP contribution in [0.5, 0.6) is 0 Å². The number of rotatable bonds is 5. The third kappa shape index (κ3) is 10.2. The topological polar surface area (TPSA) is 57.3 Å². The number of likely N-dealkylation sites (tertiary alicyclic amines) is 1. The van der Waals surface area contributed by atoms with Crippen molar-refractivity contribution in [3.8, 4) is 0 Å². The first kappa shape index (κ1) is 29.1. The molecule has 0 aromatic heterocycles. The third-order valence-corrected chi connectivity index (χ3v) is 7.03. The van der Waals surface area contributed by atoms with Gasteiger partial charge in [0.15, 0.2) is 0 Å². The van der Waals surface area contributed by atoms with Crippen molar-refractivity contribution in [1.82, 2.24) is 20.0 Å². The zero-order valence-electron chi connectivity index (χ0n) is 21.7. The van der Waals surface area contributed by atoms with E-state index in [9.17, 15) is 4.79 Å². The van der Waals surface area contributed by atoms with Crippen LogP contribution in [0.3, 0.4) is 0 Å². The molecule has 1 atom stereocenters. The third-order valence-electron chi connectivity index (χ3n) is 6.53. The number of hydrogen-bond acceptors (Lipinski definition) is 7. The first-order valence-electron chi connectivity index (χ1n) is 12.9. The van der Waals surface area contributed by atoms with Crippen LogP contribution in [0.1, 0.15) is 32.3 Å². The van der Waals surface area contributed by atoms with E-state index in [4.69, 9.17) is 9.47 Å². The van der Waals surface area contributed by atoms with Crippen LogP contribution >= 0.6 is 12.6 Å². The lowest BCUT2D eigenvalue weighted by Crippen LogP contribution is -2.54. The molecule has 3 saturated heterocycles. The number of carbonyl (C=O) groups is 1. The number of carbonyl (C=O) groups excluding carboxylic acids is 1. The Bertz CT molecular complexity index is 665. The van der Waals surface area contributed by atoms with Crippen LogP contribution in [-0.2, 0) is 14.3 Å². The molecule has 3 fully saturated rings. The smallest absolute Gasteiger partial charge is 0.248 e. The van der Waals surface area contributed by atoms with Crippen molar-refractivity contribution in [1.29, 1.82) is 0 Å². The molecule has 0 radical (unpaired) electrons. The monoisotopic (exact) mass is 494 g/mol. The molecule has 0 saturated carbocycles. The number of amides is 1. The van der Waals surface area contributed by atoms with Gasteiger partial charge >= 0.3 is 0 Å². The molecule has 1 amide bonds. The number of ether oxygens (including phenoxy) is 2. The number of benzene rings is 1. The van der Waals surface area contributed by atoms with Gasteiger partial charge < -0.3 is 24.6 Å². The van der Waals surface area contributed by atoms with Crippen LogP contribution in [0.25, 0.3) is 0 Å². The van der Waals surface area contributed by atoms with E-state index in [1.165, 1.54) is 31.5 Å². The molecule has 0 bridgehead atoms. The number of nitrogens with one attached hydrogen (secondary N) is 1. The number of thiol groups is 1. The summed E-state index contributed by atoms with van der Waals surface area (Å²) in [5, 5.41) is 3.33. The number of hydrogen-bond donors (Lipinski definition) is 2. The Balaban J connectivity index is 0.000000343. The summed E-state index contributed by atoms with van der Waals surface area (Å²) in [6.45, 7) is 15.1. The second kappa shape index (κ2) is 16.5. The van der Waals surface area contributed by atoms with Gasteiger partial charge in [0.25, 0.3) is 0 Å². The summed E-state index contributed by atoms with van der Waals surface area (Å²) in [6, 6.07) is 8.94. The zero-order valence-corrected chi connectivity index (χ0v) is 22.6. The van der Waals surface area contributed by atoms with E-state index in [2.05, 4.69) is 34.8 Å². The van der Waals surface area contributed by atoms with Crippen molar-refractivity contribution in [2.75, 3.05) is 79.3 Å². The second-order valence-corrected chi connectivity index (χ2v) is 9.46. The first-order valence-corrected chi connectivity index (χ1v) is 13.3. The molecule has 1 aromatic rings. The highest BCUT2D eigenvalue weighted by Gasteiger charge is 2.28. The first-order chi connectivity index (χ1) is 16.5. The number of piperidine rings is 1. The maximum Gasteiger partial charge on any atom is 0.248 e. The van der Waals surface area contributed by atoms with E-state index < -0.39 is 0 Å². The summed E-state index contributed by atoms with van der Waals surface area (Å²) in [6.07, 6.45) is 2.51. The van der Waals surface area contributed by atoms with Crippen LogP contribution < -0.4 is 5.32 Å². The predicted octanol–water partition coefficient (Wildman–Crippen LogP) is 2.54. The highest BCUT2D eigenvalue weighted by Crippen LogP contribution is 2.17. The Hall–Kier alpha value is -1.16. The summed E-state index contributed by atoms with van der Waals surface area (Å²) in [4.78, 5) is 20.3. The molecular weight excluding hydrogens is 448 g/mol. The Labute approximate surface area is 212 Å². The van der Waals surface area contributed by atoms with Gasteiger partial charge in [-0.15, -0.1) is 12.6 Å². The van der Waals surface area contributed by atoms with Gasteiger partial charge in [-0.25, -0.2) is 0 Å². The maximum atomic E-state index is 12.3. The average molecular weight is 495 g/mol. The SMILES string of the molecule is CC.CN1CCC(N2CCN(C(=O)COCC3COCCN3)CC2)CC1.Cc1ccccc1S. The zero-order chi connectivity index (χ0) is 24.8. The molecule has 3 aliphatic heterocycles. The molecule has 3 aliphatic rings. The number of nitrogens with zero attached hydrogens (tertiary/aromatic N) is 3. The summed E-state index contributed by atoms with van der Waals surface area (Å²) in [7, 11) is 2.20. The van der Waals surface area contributed by atoms with Gasteiger partial charge in [0, 0.05) is 43.7 Å². The Kier molecular flexibility index (Phi) is 14.1. The fourth-order valence-electron chi connectivity index (χ4n) is 4.37. The average Bonchev–Trinajstić information content (AvgIpc) is 2.89. The van der Waals surface area contributed by atoms with Crippen molar-refractivity contribution >= 4 is 18.5 Å². The minimum Gasteiger partial charge on any atom is -0.378 e. The van der Waals surface area contributed by atoms with Crippen molar-refractivity contribution in [2.24, 2.45) is 0 Å². The number of piperazine rings is 1. The van der Waals surface area contributed by atoms with Gasteiger partial charge in [-0.3, -0.25) is 9.69 Å². The summed E-state index contributed by atoms with van der Waals surface area (Å²) in [5.41, 5.74) is 1.23. The lowest BCUT2D eigenvalue weighted by molar-refractivity contribution is -0.139. The molecule has 1 aromatic carbocycles. The quantitative estimate of drug-likeness (QED) is 0.614. The van der Waals surface area contributed by atoms with Crippen LogP contribution in [0.2, 0.25) is 0 Å². The number of morpholine rings is 1. The van der Waals surface area contributed by atoms with E-state index in [-0.39, 0.29) is 18.6 Å². The van der Waals surface area contributed by atoms with Crippen molar-refractivity contribution in [2.45, 2.75) is 50.6 Å². The van der Waals surface area contributed by atoms with E-state index in [0.29, 0.717) is 19.3 Å². The molecule has 1 unspecified atom stereocenters. The van der Waals surface area contributed by atoms with E-state index in [1.807, 2.05) is 49.9 Å². The molecule has 4 rings (SSSR count).